The van der Waals surface area contributed by atoms with Crippen LogP contribution in [0.4, 0.5) is 10.6 Å². The number of rotatable bonds is 7. The number of hydrogen-bond donors (Lipinski definition) is 3. The average molecular weight is 534 g/mol. The van der Waals surface area contributed by atoms with Crippen LogP contribution in [-0.4, -0.2) is 61.5 Å². The lowest BCUT2D eigenvalue weighted by Gasteiger charge is -2.38. The summed E-state index contributed by atoms with van der Waals surface area (Å²) in [6, 6.07) is 33.1. The fraction of sp³-hybridized carbons (Fsp3) is 0.219. The van der Waals surface area contributed by atoms with Crippen molar-refractivity contribution in [2.45, 2.75) is 18.0 Å². The van der Waals surface area contributed by atoms with Gasteiger partial charge < -0.3 is 25.0 Å². The Labute approximate surface area is 232 Å². The average Bonchev–Trinajstić information content (AvgIpc) is 3.44. The number of fused-ring (bicyclic) bond motifs is 1. The Bertz CT molecular complexity index is 1490. The largest absolute Gasteiger partial charge is 0.465 e. The van der Waals surface area contributed by atoms with E-state index in [1.165, 1.54) is 4.90 Å². The summed E-state index contributed by atoms with van der Waals surface area (Å²) in [6.07, 6.45) is 3.27. The summed E-state index contributed by atoms with van der Waals surface area (Å²) >= 11 is 0. The number of aliphatic hydroxyl groups is 1. The number of aliphatic hydroxyl groups excluding tert-OH is 1. The summed E-state index contributed by atoms with van der Waals surface area (Å²) in [4.78, 5) is 22.4. The molecule has 0 spiro atoms. The quantitative estimate of drug-likeness (QED) is 0.253. The van der Waals surface area contributed by atoms with E-state index in [2.05, 4.69) is 93.9 Å². The molecule has 5 aromatic rings. The summed E-state index contributed by atoms with van der Waals surface area (Å²) in [5, 5.41) is 23.7. The van der Waals surface area contributed by atoms with Crippen LogP contribution in [0.15, 0.2) is 110 Å². The van der Waals surface area contributed by atoms with Gasteiger partial charge >= 0.3 is 6.09 Å². The Hall–Kier alpha value is -4.69. The van der Waals surface area contributed by atoms with E-state index in [0.717, 1.165) is 27.7 Å². The Morgan fingerprint density at radius 2 is 1.43 bits per heavy atom. The SMILES string of the molecule is O=C(O)N1C[C@@H](CO)C[C@@H](Nc2ncnc3c2ccn3C(c2ccccc2)(c2ccccc2)c2ccccc2)C1. The lowest BCUT2D eigenvalue weighted by atomic mass is 9.76. The topological polar surface area (TPSA) is 104 Å². The monoisotopic (exact) mass is 533 g/mol. The van der Waals surface area contributed by atoms with Gasteiger partial charge in [-0.2, -0.15) is 0 Å². The molecule has 8 nitrogen and oxygen atoms in total. The molecule has 0 bridgehead atoms. The molecule has 1 saturated heterocycles. The maximum absolute atomic E-state index is 11.7. The maximum atomic E-state index is 11.7. The first-order valence-corrected chi connectivity index (χ1v) is 13.5. The third-order valence-electron chi connectivity index (χ3n) is 7.82. The minimum absolute atomic E-state index is 0.0642. The molecular weight excluding hydrogens is 502 g/mol. The standard InChI is InChI=1S/C32H31N5O3/c38-21-23-18-27(20-36(19-23)31(39)40)35-29-28-16-17-37(30(28)34-22-33-29)32(24-10-4-1-5-11-24,25-12-6-2-7-13-25)26-14-8-3-9-15-26/h1-17,22-23,27,38H,18-21H2,(H,39,40)(H,33,34,35)/t23-,27+/m0/s1. The van der Waals surface area contributed by atoms with Crippen LogP contribution in [0.5, 0.6) is 0 Å². The first kappa shape index (κ1) is 25.6. The number of anilines is 1. The van der Waals surface area contributed by atoms with E-state index in [9.17, 15) is 15.0 Å². The molecule has 2 aromatic heterocycles. The molecule has 3 aromatic carbocycles. The van der Waals surface area contributed by atoms with Gasteiger partial charge in [0, 0.05) is 37.9 Å². The number of carboxylic acid groups (broad SMARTS) is 1. The van der Waals surface area contributed by atoms with Crippen LogP contribution >= 0.6 is 0 Å². The fourth-order valence-corrected chi connectivity index (χ4v) is 6.08. The Balaban J connectivity index is 1.52. The van der Waals surface area contributed by atoms with Crippen LogP contribution in [0.25, 0.3) is 11.0 Å². The molecule has 0 saturated carbocycles. The summed E-state index contributed by atoms with van der Waals surface area (Å²) in [5.74, 6) is 0.506. The van der Waals surface area contributed by atoms with Crippen LogP contribution in [0, 0.1) is 5.92 Å². The molecular formula is C32H31N5O3. The molecule has 1 aliphatic heterocycles. The zero-order valence-corrected chi connectivity index (χ0v) is 22.0. The first-order valence-electron chi connectivity index (χ1n) is 13.5. The van der Waals surface area contributed by atoms with Crippen LogP contribution in [0.1, 0.15) is 23.1 Å². The van der Waals surface area contributed by atoms with Gasteiger partial charge in [0.05, 0.1) is 5.39 Å². The predicted molar refractivity (Wildman–Crippen MR) is 154 cm³/mol. The van der Waals surface area contributed by atoms with E-state index in [1.807, 2.05) is 24.3 Å². The van der Waals surface area contributed by atoms with Gasteiger partial charge in [-0.1, -0.05) is 91.0 Å². The van der Waals surface area contributed by atoms with Gasteiger partial charge in [-0.3, -0.25) is 0 Å². The molecule has 3 N–H and O–H groups in total. The van der Waals surface area contributed by atoms with Crippen LogP contribution < -0.4 is 5.32 Å². The van der Waals surface area contributed by atoms with Crippen molar-refractivity contribution < 1.29 is 15.0 Å². The Morgan fingerprint density at radius 1 is 0.850 bits per heavy atom. The van der Waals surface area contributed by atoms with Crippen LogP contribution in [-0.2, 0) is 5.54 Å². The second-order valence-electron chi connectivity index (χ2n) is 10.3. The second-order valence-corrected chi connectivity index (χ2v) is 10.3. The van der Waals surface area contributed by atoms with Gasteiger partial charge in [0.1, 0.15) is 23.3 Å². The molecule has 1 fully saturated rings. The van der Waals surface area contributed by atoms with Gasteiger partial charge in [0.2, 0.25) is 0 Å². The molecule has 40 heavy (non-hydrogen) atoms. The predicted octanol–water partition coefficient (Wildman–Crippen LogP) is 5.04. The van der Waals surface area contributed by atoms with Crippen LogP contribution in [0.3, 0.4) is 0 Å². The number of likely N-dealkylation sites (tertiary alicyclic amines) is 1. The number of nitrogens with one attached hydrogen (secondary N) is 1. The number of hydrogen-bond acceptors (Lipinski definition) is 5. The number of carbonyl (C=O) groups is 1. The third kappa shape index (κ3) is 4.46. The maximum Gasteiger partial charge on any atom is 0.407 e. The van der Waals surface area contributed by atoms with E-state index in [4.69, 9.17) is 4.98 Å². The third-order valence-corrected chi connectivity index (χ3v) is 7.82. The van der Waals surface area contributed by atoms with E-state index >= 15 is 0 Å². The van der Waals surface area contributed by atoms with E-state index in [0.29, 0.717) is 25.3 Å². The number of benzene rings is 3. The number of piperidine rings is 1. The Kier molecular flexibility index (Phi) is 6.92. The summed E-state index contributed by atoms with van der Waals surface area (Å²) in [7, 11) is 0. The molecule has 2 atom stereocenters. The van der Waals surface area contributed by atoms with Crippen molar-refractivity contribution >= 4 is 22.9 Å². The lowest BCUT2D eigenvalue weighted by Crippen LogP contribution is -2.49. The van der Waals surface area contributed by atoms with Crippen molar-refractivity contribution in [3.05, 3.63) is 126 Å². The highest BCUT2D eigenvalue weighted by Gasteiger charge is 2.39. The minimum atomic E-state index is -0.984. The molecule has 0 radical (unpaired) electrons. The van der Waals surface area contributed by atoms with E-state index in [-0.39, 0.29) is 18.6 Å². The van der Waals surface area contributed by atoms with Gasteiger partial charge in [0.15, 0.2) is 0 Å². The molecule has 0 aliphatic carbocycles. The second kappa shape index (κ2) is 10.8. The number of amides is 1. The van der Waals surface area contributed by atoms with Crippen molar-refractivity contribution in [2.24, 2.45) is 5.92 Å². The smallest absolute Gasteiger partial charge is 0.407 e. The van der Waals surface area contributed by atoms with Crippen LogP contribution in [0.2, 0.25) is 0 Å². The zero-order chi connectivity index (χ0) is 27.5. The molecule has 8 heteroatoms. The highest BCUT2D eigenvalue weighted by Crippen LogP contribution is 2.43. The highest BCUT2D eigenvalue weighted by molar-refractivity contribution is 5.88. The summed E-state index contributed by atoms with van der Waals surface area (Å²) in [5.41, 5.74) is 3.30. The fourth-order valence-electron chi connectivity index (χ4n) is 6.08. The van der Waals surface area contributed by atoms with Crippen molar-refractivity contribution in [1.29, 1.82) is 0 Å². The first-order chi connectivity index (χ1) is 19.6. The van der Waals surface area contributed by atoms with Gasteiger partial charge in [-0.15, -0.1) is 0 Å². The molecule has 3 heterocycles. The summed E-state index contributed by atoms with van der Waals surface area (Å²) in [6.45, 7) is 0.582. The molecule has 0 unspecified atom stereocenters. The van der Waals surface area contributed by atoms with E-state index < -0.39 is 11.6 Å². The van der Waals surface area contributed by atoms with E-state index in [1.54, 1.807) is 6.33 Å². The lowest BCUT2D eigenvalue weighted by molar-refractivity contribution is 0.0951. The van der Waals surface area contributed by atoms with Crippen molar-refractivity contribution in [2.75, 3.05) is 25.0 Å². The van der Waals surface area contributed by atoms with Crippen molar-refractivity contribution in [1.82, 2.24) is 19.4 Å². The van der Waals surface area contributed by atoms with Gasteiger partial charge in [0.25, 0.3) is 0 Å². The molecule has 6 rings (SSSR count). The normalized spacial score (nSPS) is 17.6. The van der Waals surface area contributed by atoms with Gasteiger partial charge in [-0.25, -0.2) is 14.8 Å². The Morgan fingerprint density at radius 3 is 1.95 bits per heavy atom. The summed E-state index contributed by atoms with van der Waals surface area (Å²) < 4.78 is 2.20. The zero-order valence-electron chi connectivity index (χ0n) is 22.0. The number of nitrogens with zero attached hydrogens (tertiary/aromatic N) is 4. The van der Waals surface area contributed by atoms with Crippen molar-refractivity contribution in [3.63, 3.8) is 0 Å². The molecule has 1 amide bonds. The number of aromatic nitrogens is 3. The van der Waals surface area contributed by atoms with Gasteiger partial charge in [-0.05, 0) is 29.2 Å². The minimum Gasteiger partial charge on any atom is -0.465 e. The molecule has 202 valence electrons. The van der Waals surface area contributed by atoms with Crippen molar-refractivity contribution in [3.8, 4) is 0 Å². The molecule has 1 aliphatic rings. The highest BCUT2D eigenvalue weighted by atomic mass is 16.4.